The van der Waals surface area contributed by atoms with Crippen molar-refractivity contribution in [3.8, 4) is 5.75 Å². The molecule has 1 N–H and O–H groups in total. The summed E-state index contributed by atoms with van der Waals surface area (Å²) in [7, 11) is 0. The van der Waals surface area contributed by atoms with E-state index in [2.05, 4.69) is 0 Å². The minimum Gasteiger partial charge on any atom is -0.478 e. The zero-order chi connectivity index (χ0) is 11.7. The highest BCUT2D eigenvalue weighted by Crippen LogP contribution is 2.30. The maximum Gasteiger partial charge on any atom is 0.339 e. The van der Waals surface area contributed by atoms with E-state index in [9.17, 15) is 9.59 Å². The predicted molar refractivity (Wildman–Crippen MR) is 54.5 cm³/mol. The Morgan fingerprint density at radius 2 is 2.12 bits per heavy atom. The van der Waals surface area contributed by atoms with Crippen molar-refractivity contribution in [3.05, 3.63) is 30.0 Å². The van der Waals surface area contributed by atoms with E-state index >= 15 is 0 Å². The van der Waals surface area contributed by atoms with Crippen LogP contribution >= 0.6 is 0 Å². The van der Waals surface area contributed by atoms with Gasteiger partial charge in [0.15, 0.2) is 0 Å². The van der Waals surface area contributed by atoms with Crippen LogP contribution in [0.2, 0.25) is 0 Å². The lowest BCUT2D eigenvalue weighted by Crippen LogP contribution is -2.03. The molecule has 16 heavy (non-hydrogen) atoms. The lowest BCUT2D eigenvalue weighted by molar-refractivity contribution is -0.131. The fraction of sp³-hybridized carbons (Fsp3) is 0.0909. The Bertz CT molecular complexity index is 567. The molecule has 1 heterocycles. The number of rotatable bonds is 2. The Balaban J connectivity index is 2.68. The van der Waals surface area contributed by atoms with Crippen LogP contribution in [0, 0.1) is 0 Å². The molecule has 82 valence electrons. The van der Waals surface area contributed by atoms with Gasteiger partial charge >= 0.3 is 11.9 Å². The van der Waals surface area contributed by atoms with Crippen LogP contribution in [-0.2, 0) is 4.79 Å². The van der Waals surface area contributed by atoms with Gasteiger partial charge in [0.05, 0.1) is 5.39 Å². The largest absolute Gasteiger partial charge is 0.478 e. The van der Waals surface area contributed by atoms with E-state index in [-0.39, 0.29) is 11.3 Å². The summed E-state index contributed by atoms with van der Waals surface area (Å²) in [5, 5.41) is 9.23. The lowest BCUT2D eigenvalue weighted by Gasteiger charge is -2.02. The molecule has 2 aromatic rings. The van der Waals surface area contributed by atoms with Crippen molar-refractivity contribution in [2.24, 2.45) is 0 Å². The molecule has 0 saturated carbocycles. The number of hydrogen-bond acceptors (Lipinski definition) is 4. The fourth-order valence-corrected chi connectivity index (χ4v) is 1.45. The Morgan fingerprint density at radius 3 is 2.75 bits per heavy atom. The molecule has 0 radical (unpaired) electrons. The second-order valence-electron chi connectivity index (χ2n) is 3.18. The molecule has 1 aromatic carbocycles. The van der Waals surface area contributed by atoms with Crippen molar-refractivity contribution in [2.75, 3.05) is 0 Å². The fourth-order valence-electron chi connectivity index (χ4n) is 1.45. The SMILES string of the molecule is CC(=O)Oc1cccc2occ(C(=O)O)c12. The smallest absolute Gasteiger partial charge is 0.339 e. The number of aromatic carboxylic acids is 1. The van der Waals surface area contributed by atoms with Gasteiger partial charge in [0.25, 0.3) is 0 Å². The summed E-state index contributed by atoms with van der Waals surface area (Å²) in [6, 6.07) is 4.75. The highest BCUT2D eigenvalue weighted by atomic mass is 16.5. The molecule has 0 amide bonds. The van der Waals surface area contributed by atoms with Gasteiger partial charge in [-0.15, -0.1) is 0 Å². The van der Waals surface area contributed by atoms with Gasteiger partial charge in [-0.2, -0.15) is 0 Å². The summed E-state index contributed by atoms with van der Waals surface area (Å²) in [6.45, 7) is 1.25. The zero-order valence-corrected chi connectivity index (χ0v) is 8.39. The Morgan fingerprint density at radius 1 is 1.38 bits per heavy atom. The molecule has 0 aliphatic rings. The Kier molecular flexibility index (Phi) is 2.36. The van der Waals surface area contributed by atoms with Crippen molar-refractivity contribution in [2.45, 2.75) is 6.92 Å². The van der Waals surface area contributed by atoms with Gasteiger partial charge in [0, 0.05) is 6.92 Å². The van der Waals surface area contributed by atoms with Crippen LogP contribution in [0.5, 0.6) is 5.75 Å². The maximum absolute atomic E-state index is 10.9. The lowest BCUT2D eigenvalue weighted by atomic mass is 10.1. The third-order valence-electron chi connectivity index (χ3n) is 2.05. The standard InChI is InChI=1S/C11H8O5/c1-6(12)16-9-4-2-3-8-10(9)7(5-15-8)11(13)14/h2-5H,1H3,(H,13,14). The van der Waals surface area contributed by atoms with Crippen LogP contribution in [0.4, 0.5) is 0 Å². The summed E-state index contributed by atoms with van der Waals surface area (Å²) in [6.07, 6.45) is 1.12. The summed E-state index contributed by atoms with van der Waals surface area (Å²) < 4.78 is 9.97. The Labute approximate surface area is 90.2 Å². The van der Waals surface area contributed by atoms with Gasteiger partial charge in [-0.05, 0) is 12.1 Å². The predicted octanol–water partition coefficient (Wildman–Crippen LogP) is 2.06. The third-order valence-corrected chi connectivity index (χ3v) is 2.05. The second-order valence-corrected chi connectivity index (χ2v) is 3.18. The minimum atomic E-state index is -1.13. The zero-order valence-electron chi connectivity index (χ0n) is 8.39. The number of esters is 1. The molecule has 0 saturated heterocycles. The molecule has 2 rings (SSSR count). The quantitative estimate of drug-likeness (QED) is 0.619. The van der Waals surface area contributed by atoms with E-state index in [4.69, 9.17) is 14.3 Å². The molecule has 5 heteroatoms. The van der Waals surface area contributed by atoms with Gasteiger partial charge in [-0.1, -0.05) is 6.07 Å². The van der Waals surface area contributed by atoms with Gasteiger partial charge < -0.3 is 14.3 Å². The Hall–Kier alpha value is -2.30. The highest BCUT2D eigenvalue weighted by molar-refractivity contribution is 6.05. The first-order chi connectivity index (χ1) is 7.59. The molecule has 0 unspecified atom stereocenters. The van der Waals surface area contributed by atoms with E-state index in [1.54, 1.807) is 12.1 Å². The third kappa shape index (κ3) is 1.63. The van der Waals surface area contributed by atoms with Gasteiger partial charge in [-0.3, -0.25) is 4.79 Å². The number of fused-ring (bicyclic) bond motifs is 1. The van der Waals surface area contributed by atoms with E-state index in [0.29, 0.717) is 11.0 Å². The highest BCUT2D eigenvalue weighted by Gasteiger charge is 2.17. The van der Waals surface area contributed by atoms with Crippen LogP contribution < -0.4 is 4.74 Å². The summed E-state index contributed by atoms with van der Waals surface area (Å²) in [5.41, 5.74) is 0.350. The first kappa shape index (κ1) is 10.2. The van der Waals surface area contributed by atoms with E-state index in [1.807, 2.05) is 0 Å². The first-order valence-corrected chi connectivity index (χ1v) is 4.51. The topological polar surface area (TPSA) is 76.7 Å². The van der Waals surface area contributed by atoms with Crippen LogP contribution in [0.1, 0.15) is 17.3 Å². The molecule has 1 aromatic heterocycles. The van der Waals surface area contributed by atoms with Gasteiger partial charge in [0.2, 0.25) is 0 Å². The van der Waals surface area contributed by atoms with Crippen LogP contribution in [0.15, 0.2) is 28.9 Å². The van der Waals surface area contributed by atoms with Crippen molar-refractivity contribution in [1.82, 2.24) is 0 Å². The van der Waals surface area contributed by atoms with E-state index < -0.39 is 11.9 Å². The van der Waals surface area contributed by atoms with Crippen LogP contribution in [-0.4, -0.2) is 17.0 Å². The molecular weight excluding hydrogens is 212 g/mol. The van der Waals surface area contributed by atoms with Crippen molar-refractivity contribution in [1.29, 1.82) is 0 Å². The van der Waals surface area contributed by atoms with Crippen molar-refractivity contribution >= 4 is 22.9 Å². The number of carbonyl (C=O) groups is 2. The molecule has 0 spiro atoms. The van der Waals surface area contributed by atoms with E-state index in [1.165, 1.54) is 13.0 Å². The molecule has 0 aliphatic heterocycles. The number of carbonyl (C=O) groups excluding carboxylic acids is 1. The molecule has 0 fully saturated rings. The molecule has 5 nitrogen and oxygen atoms in total. The average Bonchev–Trinajstić information content (AvgIpc) is 2.61. The average molecular weight is 220 g/mol. The summed E-state index contributed by atoms with van der Waals surface area (Å²) in [5.74, 6) is -1.44. The number of hydrogen-bond donors (Lipinski definition) is 1. The minimum absolute atomic E-state index is 0.0214. The summed E-state index contributed by atoms with van der Waals surface area (Å²) >= 11 is 0. The van der Waals surface area contributed by atoms with Crippen LogP contribution in [0.25, 0.3) is 11.0 Å². The number of carboxylic acids is 1. The van der Waals surface area contributed by atoms with Crippen molar-refractivity contribution in [3.63, 3.8) is 0 Å². The number of carboxylic acid groups (broad SMARTS) is 1. The summed E-state index contributed by atoms with van der Waals surface area (Å²) in [4.78, 5) is 21.8. The monoisotopic (exact) mass is 220 g/mol. The maximum atomic E-state index is 10.9. The van der Waals surface area contributed by atoms with Gasteiger partial charge in [-0.25, -0.2) is 4.79 Å². The second kappa shape index (κ2) is 3.69. The van der Waals surface area contributed by atoms with Crippen molar-refractivity contribution < 1.29 is 23.8 Å². The molecular formula is C11H8O5. The number of benzene rings is 1. The molecule has 0 atom stereocenters. The number of ether oxygens (including phenoxy) is 1. The van der Waals surface area contributed by atoms with E-state index in [0.717, 1.165) is 6.26 Å². The van der Waals surface area contributed by atoms with Gasteiger partial charge in [0.1, 0.15) is 23.2 Å². The molecule has 0 bridgehead atoms. The normalized spacial score (nSPS) is 10.3. The number of furan rings is 1. The van der Waals surface area contributed by atoms with Crippen LogP contribution in [0.3, 0.4) is 0 Å². The first-order valence-electron chi connectivity index (χ1n) is 4.51. The molecule has 0 aliphatic carbocycles.